The van der Waals surface area contributed by atoms with Crippen molar-refractivity contribution in [2.75, 3.05) is 17.7 Å². The van der Waals surface area contributed by atoms with Crippen molar-refractivity contribution in [2.24, 2.45) is 7.05 Å². The molecule has 0 atom stereocenters. The minimum absolute atomic E-state index is 0.0921. The first-order chi connectivity index (χ1) is 13.4. The van der Waals surface area contributed by atoms with Gasteiger partial charge in [-0.05, 0) is 44.2 Å². The Morgan fingerprint density at radius 3 is 2.68 bits per heavy atom. The van der Waals surface area contributed by atoms with Crippen molar-refractivity contribution in [3.05, 3.63) is 51.9 Å². The molecule has 2 N–H and O–H groups in total. The van der Waals surface area contributed by atoms with E-state index in [0.29, 0.717) is 34.0 Å². The van der Waals surface area contributed by atoms with Crippen LogP contribution in [-0.4, -0.2) is 38.8 Å². The zero-order chi connectivity index (χ0) is 20.3. The number of esters is 1. The van der Waals surface area contributed by atoms with Gasteiger partial charge in [0.2, 0.25) is 5.91 Å². The van der Waals surface area contributed by atoms with Crippen molar-refractivity contribution in [3.8, 4) is 0 Å². The molecule has 0 spiro atoms. The van der Waals surface area contributed by atoms with Gasteiger partial charge in [-0.2, -0.15) is 0 Å². The summed E-state index contributed by atoms with van der Waals surface area (Å²) in [6.07, 6.45) is 0. The Balaban J connectivity index is 1.64. The summed E-state index contributed by atoms with van der Waals surface area (Å²) in [5.41, 5.74) is 2.69. The van der Waals surface area contributed by atoms with E-state index in [1.165, 1.54) is 16.3 Å². The van der Waals surface area contributed by atoms with E-state index in [9.17, 15) is 14.4 Å². The van der Waals surface area contributed by atoms with Crippen LogP contribution in [0.1, 0.15) is 23.0 Å². The molecule has 28 heavy (non-hydrogen) atoms. The van der Waals surface area contributed by atoms with Gasteiger partial charge in [-0.3, -0.25) is 14.2 Å². The maximum Gasteiger partial charge on any atom is 0.338 e. The zero-order valence-electron chi connectivity index (χ0n) is 15.7. The van der Waals surface area contributed by atoms with Gasteiger partial charge in [-0.25, -0.2) is 9.78 Å². The number of aromatic nitrogens is 3. The molecule has 0 unspecified atom stereocenters. The standard InChI is InChI=1S/C19H20N4O4S/c1-4-27-18(26)12-5-7-13(8-6-12)21-15(24)10-28-19-22-14-9-11(2)20-16(14)17(25)23(19)3/h5-9,20H,4,10H2,1-3H3,(H,21,24). The Morgan fingerprint density at radius 1 is 1.29 bits per heavy atom. The summed E-state index contributed by atoms with van der Waals surface area (Å²) < 4.78 is 6.34. The Labute approximate surface area is 165 Å². The van der Waals surface area contributed by atoms with Gasteiger partial charge in [0.05, 0.1) is 23.4 Å². The summed E-state index contributed by atoms with van der Waals surface area (Å²) >= 11 is 1.18. The van der Waals surface area contributed by atoms with E-state index in [1.807, 2.05) is 6.92 Å². The highest BCUT2D eigenvalue weighted by atomic mass is 32.2. The molecule has 0 aliphatic heterocycles. The van der Waals surface area contributed by atoms with Gasteiger partial charge in [0.25, 0.3) is 5.56 Å². The molecule has 0 bridgehead atoms. The number of anilines is 1. The predicted molar refractivity (Wildman–Crippen MR) is 108 cm³/mol. The van der Waals surface area contributed by atoms with Crippen molar-refractivity contribution in [3.63, 3.8) is 0 Å². The number of benzene rings is 1. The fraction of sp³-hybridized carbons (Fsp3) is 0.263. The molecule has 2 aromatic heterocycles. The summed E-state index contributed by atoms with van der Waals surface area (Å²) in [6.45, 7) is 3.90. The fourth-order valence-electron chi connectivity index (χ4n) is 2.62. The summed E-state index contributed by atoms with van der Waals surface area (Å²) in [5.74, 6) is -0.554. The van der Waals surface area contributed by atoms with E-state index in [2.05, 4.69) is 15.3 Å². The van der Waals surface area contributed by atoms with Gasteiger partial charge in [-0.1, -0.05) is 11.8 Å². The monoisotopic (exact) mass is 400 g/mol. The average Bonchev–Trinajstić information content (AvgIpc) is 3.05. The lowest BCUT2D eigenvalue weighted by molar-refractivity contribution is -0.113. The molecule has 3 aromatic rings. The van der Waals surface area contributed by atoms with E-state index in [4.69, 9.17) is 4.74 Å². The topological polar surface area (TPSA) is 106 Å². The van der Waals surface area contributed by atoms with E-state index in [-0.39, 0.29) is 17.2 Å². The van der Waals surface area contributed by atoms with Gasteiger partial charge >= 0.3 is 5.97 Å². The molecule has 0 saturated heterocycles. The highest BCUT2D eigenvalue weighted by Gasteiger charge is 2.13. The van der Waals surface area contributed by atoms with Crippen LogP contribution in [0.25, 0.3) is 11.0 Å². The molecule has 8 nitrogen and oxygen atoms in total. The summed E-state index contributed by atoms with van der Waals surface area (Å²) in [6, 6.07) is 8.25. The number of carbonyl (C=O) groups is 2. The highest BCUT2D eigenvalue weighted by Crippen LogP contribution is 2.18. The van der Waals surface area contributed by atoms with Gasteiger partial charge in [0.1, 0.15) is 5.52 Å². The minimum Gasteiger partial charge on any atom is -0.462 e. The van der Waals surface area contributed by atoms with Gasteiger partial charge in [-0.15, -0.1) is 0 Å². The number of amides is 1. The highest BCUT2D eigenvalue weighted by molar-refractivity contribution is 7.99. The van der Waals surface area contributed by atoms with E-state index in [0.717, 1.165) is 5.69 Å². The van der Waals surface area contributed by atoms with Crippen molar-refractivity contribution in [1.82, 2.24) is 14.5 Å². The Morgan fingerprint density at radius 2 is 2.00 bits per heavy atom. The van der Waals surface area contributed by atoms with Crippen molar-refractivity contribution >= 4 is 40.4 Å². The van der Waals surface area contributed by atoms with Crippen molar-refractivity contribution < 1.29 is 14.3 Å². The van der Waals surface area contributed by atoms with Gasteiger partial charge in [0, 0.05) is 18.4 Å². The first-order valence-electron chi connectivity index (χ1n) is 8.65. The first-order valence-corrected chi connectivity index (χ1v) is 9.63. The normalized spacial score (nSPS) is 10.8. The molecule has 0 saturated carbocycles. The lowest BCUT2D eigenvalue weighted by Gasteiger charge is -2.08. The number of aromatic amines is 1. The van der Waals surface area contributed by atoms with Crippen LogP contribution >= 0.6 is 11.8 Å². The van der Waals surface area contributed by atoms with Crippen LogP contribution in [0.4, 0.5) is 5.69 Å². The van der Waals surface area contributed by atoms with Crippen LogP contribution in [0.5, 0.6) is 0 Å². The first kappa shape index (κ1) is 19.7. The average molecular weight is 400 g/mol. The Kier molecular flexibility index (Phi) is 5.84. The minimum atomic E-state index is -0.404. The van der Waals surface area contributed by atoms with Crippen LogP contribution in [-0.2, 0) is 16.6 Å². The number of aryl methyl sites for hydroxylation is 1. The maximum absolute atomic E-state index is 12.4. The lowest BCUT2D eigenvalue weighted by atomic mass is 10.2. The molecule has 3 rings (SSSR count). The van der Waals surface area contributed by atoms with E-state index < -0.39 is 5.97 Å². The van der Waals surface area contributed by atoms with Crippen LogP contribution < -0.4 is 10.9 Å². The Bertz CT molecular complexity index is 1090. The molecule has 0 fully saturated rings. The summed E-state index contributed by atoms with van der Waals surface area (Å²) in [7, 11) is 1.62. The maximum atomic E-state index is 12.4. The van der Waals surface area contributed by atoms with Crippen LogP contribution in [0.3, 0.4) is 0 Å². The zero-order valence-corrected chi connectivity index (χ0v) is 16.6. The third-order valence-corrected chi connectivity index (χ3v) is 5.00. The second-order valence-corrected chi connectivity index (χ2v) is 7.05. The number of rotatable bonds is 6. The number of carbonyl (C=O) groups excluding carboxylic acids is 2. The number of H-pyrrole nitrogens is 1. The van der Waals surface area contributed by atoms with Gasteiger partial charge in [0.15, 0.2) is 5.16 Å². The molecular weight excluding hydrogens is 380 g/mol. The summed E-state index contributed by atoms with van der Waals surface area (Å²) in [5, 5.41) is 3.21. The molecule has 2 heterocycles. The fourth-order valence-corrected chi connectivity index (χ4v) is 3.39. The van der Waals surface area contributed by atoms with E-state index >= 15 is 0 Å². The molecule has 146 valence electrons. The van der Waals surface area contributed by atoms with Crippen molar-refractivity contribution in [1.29, 1.82) is 0 Å². The molecule has 0 radical (unpaired) electrons. The second kappa shape index (κ2) is 8.30. The number of hydrogen-bond acceptors (Lipinski definition) is 6. The molecule has 0 aliphatic rings. The van der Waals surface area contributed by atoms with Crippen LogP contribution in [0.2, 0.25) is 0 Å². The van der Waals surface area contributed by atoms with Gasteiger partial charge < -0.3 is 15.0 Å². The van der Waals surface area contributed by atoms with E-state index in [1.54, 1.807) is 44.3 Å². The largest absolute Gasteiger partial charge is 0.462 e. The molecule has 1 aromatic carbocycles. The molecular formula is C19H20N4O4S. The number of ether oxygens (including phenoxy) is 1. The molecule has 0 aliphatic carbocycles. The number of thioether (sulfide) groups is 1. The SMILES string of the molecule is CCOC(=O)c1ccc(NC(=O)CSc2nc3cc(C)[nH]c3c(=O)n2C)cc1. The predicted octanol–water partition coefficient (Wildman–Crippen LogP) is 2.48. The summed E-state index contributed by atoms with van der Waals surface area (Å²) in [4.78, 5) is 43.7. The number of nitrogens with one attached hydrogen (secondary N) is 2. The number of nitrogens with zero attached hydrogens (tertiary/aromatic N) is 2. The quantitative estimate of drug-likeness (QED) is 0.374. The third-order valence-electron chi connectivity index (χ3n) is 3.97. The van der Waals surface area contributed by atoms with Crippen molar-refractivity contribution in [2.45, 2.75) is 19.0 Å². The second-order valence-electron chi connectivity index (χ2n) is 6.11. The Hall–Kier alpha value is -3.07. The smallest absolute Gasteiger partial charge is 0.338 e. The molecule has 1 amide bonds. The number of hydrogen-bond donors (Lipinski definition) is 2. The molecule has 9 heteroatoms. The lowest BCUT2D eigenvalue weighted by Crippen LogP contribution is -2.21. The number of fused-ring (bicyclic) bond motifs is 1. The third kappa shape index (κ3) is 4.25. The van der Waals surface area contributed by atoms with Crippen LogP contribution in [0, 0.1) is 6.92 Å². The van der Waals surface area contributed by atoms with Crippen LogP contribution in [0.15, 0.2) is 40.3 Å².